The van der Waals surface area contributed by atoms with Crippen molar-refractivity contribution in [2.24, 2.45) is 0 Å². The van der Waals surface area contributed by atoms with Crippen LogP contribution in [0.15, 0.2) is 24.3 Å². The SMILES string of the molecule is CCCCC(C)OC(=O)CCCC(=O)Oc1cccc(Cl)c1. The Morgan fingerprint density at radius 2 is 1.91 bits per heavy atom. The Labute approximate surface area is 136 Å². The molecular weight excluding hydrogens is 304 g/mol. The van der Waals surface area contributed by atoms with E-state index in [-0.39, 0.29) is 30.9 Å². The first-order chi connectivity index (χ1) is 10.5. The lowest BCUT2D eigenvalue weighted by Crippen LogP contribution is -2.15. The van der Waals surface area contributed by atoms with Crippen molar-refractivity contribution >= 4 is 23.5 Å². The molecule has 0 spiro atoms. The van der Waals surface area contributed by atoms with Gasteiger partial charge in [0.25, 0.3) is 0 Å². The number of benzene rings is 1. The third-order valence-corrected chi connectivity index (χ3v) is 3.32. The lowest BCUT2D eigenvalue weighted by atomic mass is 10.2. The molecule has 0 radical (unpaired) electrons. The molecule has 0 aromatic heterocycles. The van der Waals surface area contributed by atoms with Crippen LogP contribution in [0.3, 0.4) is 0 Å². The van der Waals surface area contributed by atoms with Crippen LogP contribution in [-0.2, 0) is 14.3 Å². The maximum absolute atomic E-state index is 11.7. The maximum Gasteiger partial charge on any atom is 0.311 e. The molecule has 0 aliphatic carbocycles. The third-order valence-electron chi connectivity index (χ3n) is 3.09. The van der Waals surface area contributed by atoms with Crippen molar-refractivity contribution in [3.8, 4) is 5.75 Å². The molecular formula is C17H23ClO4. The van der Waals surface area contributed by atoms with Crippen LogP contribution in [0, 0.1) is 0 Å². The summed E-state index contributed by atoms with van der Waals surface area (Å²) in [5, 5.41) is 0.509. The van der Waals surface area contributed by atoms with E-state index < -0.39 is 0 Å². The number of ether oxygens (including phenoxy) is 2. The summed E-state index contributed by atoms with van der Waals surface area (Å²) in [5.41, 5.74) is 0. The van der Waals surface area contributed by atoms with Gasteiger partial charge in [-0.15, -0.1) is 0 Å². The van der Waals surface area contributed by atoms with Gasteiger partial charge in [0, 0.05) is 17.9 Å². The molecule has 5 heteroatoms. The Kier molecular flexibility index (Phi) is 8.60. The van der Waals surface area contributed by atoms with Crippen molar-refractivity contribution < 1.29 is 19.1 Å². The van der Waals surface area contributed by atoms with Crippen LogP contribution in [0.25, 0.3) is 0 Å². The molecule has 4 nitrogen and oxygen atoms in total. The first-order valence-electron chi connectivity index (χ1n) is 7.67. The van der Waals surface area contributed by atoms with Crippen LogP contribution < -0.4 is 4.74 Å². The van der Waals surface area contributed by atoms with E-state index in [9.17, 15) is 9.59 Å². The van der Waals surface area contributed by atoms with Gasteiger partial charge in [0.1, 0.15) is 5.75 Å². The zero-order valence-corrected chi connectivity index (χ0v) is 13.9. The highest BCUT2D eigenvalue weighted by Gasteiger charge is 2.11. The molecule has 0 aliphatic rings. The fourth-order valence-corrected chi connectivity index (χ4v) is 2.10. The highest BCUT2D eigenvalue weighted by Crippen LogP contribution is 2.18. The molecule has 0 heterocycles. The molecule has 0 fully saturated rings. The Morgan fingerprint density at radius 1 is 1.18 bits per heavy atom. The Bertz CT molecular complexity index is 487. The van der Waals surface area contributed by atoms with Crippen molar-refractivity contribution in [3.63, 3.8) is 0 Å². The van der Waals surface area contributed by atoms with Gasteiger partial charge >= 0.3 is 11.9 Å². The summed E-state index contributed by atoms with van der Waals surface area (Å²) in [6, 6.07) is 6.64. The van der Waals surface area contributed by atoms with E-state index in [1.807, 2.05) is 6.92 Å². The molecule has 0 saturated heterocycles. The van der Waals surface area contributed by atoms with Gasteiger partial charge < -0.3 is 9.47 Å². The minimum absolute atomic E-state index is 0.0640. The Hall–Kier alpha value is -1.55. The zero-order chi connectivity index (χ0) is 16.4. The molecule has 0 bridgehead atoms. The molecule has 1 rings (SSSR count). The van der Waals surface area contributed by atoms with E-state index in [0.717, 1.165) is 19.3 Å². The van der Waals surface area contributed by atoms with Crippen molar-refractivity contribution in [3.05, 3.63) is 29.3 Å². The first kappa shape index (κ1) is 18.5. The molecule has 0 amide bonds. The summed E-state index contributed by atoms with van der Waals surface area (Å²) in [6.45, 7) is 3.99. The Balaban J connectivity index is 2.20. The molecule has 0 N–H and O–H groups in total. The van der Waals surface area contributed by atoms with Crippen LogP contribution in [0.4, 0.5) is 0 Å². The number of carbonyl (C=O) groups is 2. The van der Waals surface area contributed by atoms with Crippen molar-refractivity contribution in [2.45, 2.75) is 58.5 Å². The molecule has 1 unspecified atom stereocenters. The van der Waals surface area contributed by atoms with Crippen LogP contribution in [0.5, 0.6) is 5.75 Å². The van der Waals surface area contributed by atoms with Crippen LogP contribution in [0.2, 0.25) is 5.02 Å². The van der Waals surface area contributed by atoms with Gasteiger partial charge in [-0.3, -0.25) is 9.59 Å². The monoisotopic (exact) mass is 326 g/mol. The summed E-state index contributed by atoms with van der Waals surface area (Å²) in [5.74, 6) is -0.235. The van der Waals surface area contributed by atoms with Gasteiger partial charge in [-0.2, -0.15) is 0 Å². The van der Waals surface area contributed by atoms with Crippen LogP contribution in [-0.4, -0.2) is 18.0 Å². The highest BCUT2D eigenvalue weighted by molar-refractivity contribution is 6.30. The lowest BCUT2D eigenvalue weighted by Gasteiger charge is -2.12. The van der Waals surface area contributed by atoms with Gasteiger partial charge in [0.15, 0.2) is 0 Å². The molecule has 0 saturated carbocycles. The molecule has 22 heavy (non-hydrogen) atoms. The number of carbonyl (C=O) groups excluding carboxylic acids is 2. The van der Waals surface area contributed by atoms with Crippen molar-refractivity contribution in [1.82, 2.24) is 0 Å². The van der Waals surface area contributed by atoms with Gasteiger partial charge in [0.05, 0.1) is 6.10 Å². The average molecular weight is 327 g/mol. The second-order valence-corrected chi connectivity index (χ2v) is 5.66. The molecule has 122 valence electrons. The predicted molar refractivity (Wildman–Crippen MR) is 86.0 cm³/mol. The minimum atomic E-state index is -0.380. The summed E-state index contributed by atoms with van der Waals surface area (Å²) in [4.78, 5) is 23.3. The Morgan fingerprint density at radius 3 is 2.59 bits per heavy atom. The van der Waals surface area contributed by atoms with Gasteiger partial charge in [-0.05, 0) is 38.0 Å². The fraction of sp³-hybridized carbons (Fsp3) is 0.529. The minimum Gasteiger partial charge on any atom is -0.463 e. The van der Waals surface area contributed by atoms with Crippen molar-refractivity contribution in [1.29, 1.82) is 0 Å². The van der Waals surface area contributed by atoms with E-state index in [0.29, 0.717) is 17.2 Å². The molecule has 1 atom stereocenters. The van der Waals surface area contributed by atoms with E-state index in [1.165, 1.54) is 0 Å². The standard InChI is InChI=1S/C17H23ClO4/c1-3-4-7-13(2)21-16(19)10-6-11-17(20)22-15-9-5-8-14(18)12-15/h5,8-9,12-13H,3-4,6-7,10-11H2,1-2H3. The number of unbranched alkanes of at least 4 members (excludes halogenated alkanes) is 1. The number of hydrogen-bond donors (Lipinski definition) is 0. The summed E-state index contributed by atoms with van der Waals surface area (Å²) in [7, 11) is 0. The second kappa shape index (κ2) is 10.2. The quantitative estimate of drug-likeness (QED) is 0.494. The molecule has 1 aromatic carbocycles. The summed E-state index contributed by atoms with van der Waals surface area (Å²) in [6.07, 6.45) is 3.74. The van der Waals surface area contributed by atoms with Crippen molar-refractivity contribution in [2.75, 3.05) is 0 Å². The topological polar surface area (TPSA) is 52.6 Å². The number of halogens is 1. The average Bonchev–Trinajstić information content (AvgIpc) is 2.45. The van der Waals surface area contributed by atoms with E-state index in [2.05, 4.69) is 6.92 Å². The summed E-state index contributed by atoms with van der Waals surface area (Å²) < 4.78 is 10.4. The predicted octanol–water partition coefficient (Wildman–Crippen LogP) is 4.54. The zero-order valence-electron chi connectivity index (χ0n) is 13.1. The van der Waals surface area contributed by atoms with Gasteiger partial charge in [-0.1, -0.05) is 37.4 Å². The molecule has 1 aromatic rings. The van der Waals surface area contributed by atoms with E-state index >= 15 is 0 Å². The lowest BCUT2D eigenvalue weighted by molar-refractivity contribution is -0.148. The van der Waals surface area contributed by atoms with E-state index in [1.54, 1.807) is 24.3 Å². The molecule has 0 aliphatic heterocycles. The third kappa shape index (κ3) is 8.03. The number of hydrogen-bond acceptors (Lipinski definition) is 4. The van der Waals surface area contributed by atoms with E-state index in [4.69, 9.17) is 21.1 Å². The number of esters is 2. The largest absolute Gasteiger partial charge is 0.463 e. The first-order valence-corrected chi connectivity index (χ1v) is 8.04. The maximum atomic E-state index is 11.7. The summed E-state index contributed by atoms with van der Waals surface area (Å²) >= 11 is 5.81. The smallest absolute Gasteiger partial charge is 0.311 e. The van der Waals surface area contributed by atoms with Crippen LogP contribution >= 0.6 is 11.6 Å². The van der Waals surface area contributed by atoms with Gasteiger partial charge in [-0.25, -0.2) is 0 Å². The normalized spacial score (nSPS) is 11.8. The fourth-order valence-electron chi connectivity index (χ4n) is 1.92. The highest BCUT2D eigenvalue weighted by atomic mass is 35.5. The van der Waals surface area contributed by atoms with Crippen LogP contribution in [0.1, 0.15) is 52.4 Å². The van der Waals surface area contributed by atoms with Gasteiger partial charge in [0.2, 0.25) is 0 Å². The number of rotatable bonds is 9. The second-order valence-electron chi connectivity index (χ2n) is 5.23.